The van der Waals surface area contributed by atoms with Crippen LogP contribution in [0.5, 0.6) is 0 Å². The first-order valence-corrected chi connectivity index (χ1v) is 5.72. The zero-order valence-corrected chi connectivity index (χ0v) is 10.9. The molecule has 0 aliphatic heterocycles. The van der Waals surface area contributed by atoms with Crippen LogP contribution in [-0.2, 0) is 6.18 Å². The fourth-order valence-corrected chi connectivity index (χ4v) is 1.76. The standard InChI is InChI=1S/C11H10F3IO/c1-6(2)8-4-3-7(10(15)16)5-9(8)11(12,13)14/h3-6H,1-2H3. The molecule has 0 saturated heterocycles. The molecule has 0 aromatic heterocycles. The van der Waals surface area contributed by atoms with Gasteiger partial charge in [-0.25, -0.2) is 0 Å². The number of rotatable bonds is 2. The van der Waals surface area contributed by atoms with Crippen LogP contribution in [0.4, 0.5) is 13.2 Å². The number of hydrogen-bond acceptors (Lipinski definition) is 1. The van der Waals surface area contributed by atoms with E-state index >= 15 is 0 Å². The second-order valence-electron chi connectivity index (χ2n) is 3.73. The molecule has 1 aromatic carbocycles. The quantitative estimate of drug-likeness (QED) is 0.575. The van der Waals surface area contributed by atoms with E-state index in [4.69, 9.17) is 0 Å². The van der Waals surface area contributed by atoms with Gasteiger partial charge in [0.1, 0.15) is 0 Å². The van der Waals surface area contributed by atoms with Crippen molar-refractivity contribution in [3.63, 3.8) is 0 Å². The van der Waals surface area contributed by atoms with E-state index in [1.54, 1.807) is 13.8 Å². The molecule has 0 spiro atoms. The zero-order chi connectivity index (χ0) is 12.5. The maximum atomic E-state index is 12.7. The molecule has 0 amide bonds. The Labute approximate surface area is 105 Å². The predicted molar refractivity (Wildman–Crippen MR) is 63.9 cm³/mol. The van der Waals surface area contributed by atoms with Crippen molar-refractivity contribution in [1.82, 2.24) is 0 Å². The second-order valence-corrected chi connectivity index (χ2v) is 4.71. The molecule has 0 aliphatic carbocycles. The van der Waals surface area contributed by atoms with Gasteiger partial charge in [0.2, 0.25) is 3.79 Å². The van der Waals surface area contributed by atoms with Gasteiger partial charge in [0, 0.05) is 28.2 Å². The summed E-state index contributed by atoms with van der Waals surface area (Å²) in [6, 6.07) is 3.73. The van der Waals surface area contributed by atoms with Gasteiger partial charge in [-0.3, -0.25) is 4.79 Å². The van der Waals surface area contributed by atoms with Crippen molar-refractivity contribution < 1.29 is 18.0 Å². The molecule has 0 atom stereocenters. The Morgan fingerprint density at radius 1 is 1.31 bits per heavy atom. The van der Waals surface area contributed by atoms with Gasteiger partial charge in [-0.05, 0) is 17.5 Å². The molecule has 1 nitrogen and oxygen atoms in total. The maximum Gasteiger partial charge on any atom is 0.416 e. The molecule has 5 heteroatoms. The third-order valence-corrected chi connectivity index (χ3v) is 2.83. The average molecular weight is 342 g/mol. The normalized spacial score (nSPS) is 11.9. The van der Waals surface area contributed by atoms with Crippen molar-refractivity contribution in [3.8, 4) is 0 Å². The maximum absolute atomic E-state index is 12.7. The van der Waals surface area contributed by atoms with E-state index in [1.165, 1.54) is 34.7 Å². The van der Waals surface area contributed by atoms with Crippen molar-refractivity contribution in [2.75, 3.05) is 0 Å². The summed E-state index contributed by atoms with van der Waals surface area (Å²) in [5.41, 5.74) is -0.420. The summed E-state index contributed by atoms with van der Waals surface area (Å²) in [5, 5.41) is 0. The number of carbonyl (C=O) groups excluding carboxylic acids is 1. The average Bonchev–Trinajstić information content (AvgIpc) is 2.15. The summed E-state index contributed by atoms with van der Waals surface area (Å²) >= 11 is 1.48. The second kappa shape index (κ2) is 4.73. The Morgan fingerprint density at radius 2 is 1.88 bits per heavy atom. The van der Waals surface area contributed by atoms with Crippen LogP contribution < -0.4 is 0 Å². The van der Waals surface area contributed by atoms with Crippen molar-refractivity contribution >= 4 is 26.4 Å². The molecule has 0 saturated carbocycles. The zero-order valence-electron chi connectivity index (χ0n) is 8.73. The smallest absolute Gasteiger partial charge is 0.282 e. The van der Waals surface area contributed by atoms with Crippen molar-refractivity contribution in [2.45, 2.75) is 25.9 Å². The van der Waals surface area contributed by atoms with Crippen LogP contribution in [0.25, 0.3) is 0 Å². The highest BCUT2D eigenvalue weighted by molar-refractivity contribution is 14.1. The van der Waals surface area contributed by atoms with E-state index in [9.17, 15) is 18.0 Å². The number of hydrogen-bond donors (Lipinski definition) is 0. The first-order chi connectivity index (χ1) is 7.23. The molecule has 1 rings (SSSR count). The minimum Gasteiger partial charge on any atom is -0.282 e. The highest BCUT2D eigenvalue weighted by Gasteiger charge is 2.34. The first kappa shape index (κ1) is 13.5. The van der Waals surface area contributed by atoms with Crippen LogP contribution in [-0.4, -0.2) is 3.79 Å². The molecule has 1 aromatic rings. The lowest BCUT2D eigenvalue weighted by molar-refractivity contribution is -0.138. The summed E-state index contributed by atoms with van der Waals surface area (Å²) in [5.74, 6) is -0.227. The van der Waals surface area contributed by atoms with Crippen LogP contribution in [0.3, 0.4) is 0 Å². The van der Waals surface area contributed by atoms with Gasteiger partial charge in [0.05, 0.1) is 5.56 Å². The van der Waals surface area contributed by atoms with Crippen LogP contribution in [0, 0.1) is 0 Å². The Kier molecular flexibility index (Phi) is 3.98. The molecule has 0 N–H and O–H groups in total. The molecule has 88 valence electrons. The van der Waals surface area contributed by atoms with E-state index in [0.717, 1.165) is 6.07 Å². The van der Waals surface area contributed by atoms with E-state index in [1.807, 2.05) is 0 Å². The molecular formula is C11H10F3IO. The highest BCUT2D eigenvalue weighted by atomic mass is 127. The minimum atomic E-state index is -4.41. The molecule has 0 unspecified atom stereocenters. The Hall–Kier alpha value is -0.590. The van der Waals surface area contributed by atoms with Gasteiger partial charge in [0.25, 0.3) is 0 Å². The van der Waals surface area contributed by atoms with Crippen LogP contribution in [0.15, 0.2) is 18.2 Å². The summed E-state index contributed by atoms with van der Waals surface area (Å²) in [4.78, 5) is 11.0. The van der Waals surface area contributed by atoms with E-state index in [2.05, 4.69) is 0 Å². The van der Waals surface area contributed by atoms with Gasteiger partial charge in [-0.1, -0.05) is 26.0 Å². The number of carbonyl (C=O) groups is 1. The van der Waals surface area contributed by atoms with Gasteiger partial charge in [0.15, 0.2) is 0 Å². The van der Waals surface area contributed by atoms with Crippen molar-refractivity contribution in [3.05, 3.63) is 34.9 Å². The van der Waals surface area contributed by atoms with Crippen molar-refractivity contribution in [2.24, 2.45) is 0 Å². The first-order valence-electron chi connectivity index (χ1n) is 4.64. The lowest BCUT2D eigenvalue weighted by Gasteiger charge is -2.16. The van der Waals surface area contributed by atoms with Gasteiger partial charge in [-0.2, -0.15) is 13.2 Å². The van der Waals surface area contributed by atoms with Gasteiger partial charge < -0.3 is 0 Å². The summed E-state index contributed by atoms with van der Waals surface area (Å²) < 4.78 is 37.8. The topological polar surface area (TPSA) is 17.1 Å². The number of benzene rings is 1. The van der Waals surface area contributed by atoms with Gasteiger partial charge in [-0.15, -0.1) is 0 Å². The Bertz CT molecular complexity index is 410. The number of halogens is 4. The van der Waals surface area contributed by atoms with Crippen molar-refractivity contribution in [1.29, 1.82) is 0 Å². The van der Waals surface area contributed by atoms with Crippen LogP contribution >= 0.6 is 22.6 Å². The summed E-state index contributed by atoms with van der Waals surface area (Å²) in [6.07, 6.45) is -4.41. The van der Waals surface area contributed by atoms with E-state index < -0.39 is 15.5 Å². The van der Waals surface area contributed by atoms with E-state index in [0.29, 0.717) is 0 Å². The molecule has 0 aliphatic rings. The molecule has 0 heterocycles. The third kappa shape index (κ3) is 2.96. The fourth-order valence-electron chi connectivity index (χ4n) is 1.43. The number of alkyl halides is 3. The summed E-state index contributed by atoms with van der Waals surface area (Å²) in [7, 11) is 0. The predicted octanol–water partition coefficient (Wildman–Crippen LogP) is 4.40. The molecular weight excluding hydrogens is 332 g/mol. The summed E-state index contributed by atoms with van der Waals surface area (Å²) in [6.45, 7) is 3.38. The minimum absolute atomic E-state index is 0.0809. The molecule has 0 fully saturated rings. The molecule has 0 bridgehead atoms. The molecule has 16 heavy (non-hydrogen) atoms. The van der Waals surface area contributed by atoms with Gasteiger partial charge >= 0.3 is 6.18 Å². The lowest BCUT2D eigenvalue weighted by atomic mass is 9.95. The fraction of sp³-hybridized carbons (Fsp3) is 0.364. The van der Waals surface area contributed by atoms with Crippen LogP contribution in [0.2, 0.25) is 0 Å². The largest absolute Gasteiger partial charge is 0.416 e. The monoisotopic (exact) mass is 342 g/mol. The SMILES string of the molecule is CC(C)c1ccc(C(=O)I)cc1C(F)(F)F. The van der Waals surface area contributed by atoms with E-state index in [-0.39, 0.29) is 17.0 Å². The van der Waals surface area contributed by atoms with Crippen LogP contribution in [0.1, 0.15) is 41.3 Å². The molecule has 0 radical (unpaired) electrons. The lowest BCUT2D eigenvalue weighted by Crippen LogP contribution is -2.11. The Balaban J connectivity index is 3.39. The Morgan fingerprint density at radius 3 is 2.25 bits per heavy atom. The highest BCUT2D eigenvalue weighted by Crippen LogP contribution is 2.36. The third-order valence-electron chi connectivity index (χ3n) is 2.21.